The van der Waals surface area contributed by atoms with Crippen molar-refractivity contribution in [2.45, 2.75) is 32.4 Å². The van der Waals surface area contributed by atoms with Crippen LogP contribution < -0.4 is 9.30 Å². The second-order valence-corrected chi connectivity index (χ2v) is 6.97. The number of nitrogens with zero attached hydrogens (tertiary/aromatic N) is 2. The first-order valence-corrected chi connectivity index (χ1v) is 8.89. The predicted octanol–water partition coefficient (Wildman–Crippen LogP) is 3.68. The highest BCUT2D eigenvalue weighted by Crippen LogP contribution is 2.24. The van der Waals surface area contributed by atoms with Crippen LogP contribution in [0.3, 0.4) is 0 Å². The summed E-state index contributed by atoms with van der Waals surface area (Å²) in [6.07, 6.45) is -0.635. The summed E-state index contributed by atoms with van der Waals surface area (Å²) < 4.78 is 10.1. The minimum Gasteiger partial charge on any atom is -0.489 e. The van der Waals surface area contributed by atoms with E-state index in [9.17, 15) is 5.11 Å². The topological polar surface area (TPSA) is 38.3 Å². The lowest BCUT2D eigenvalue weighted by atomic mass is 10.2. The predicted molar refractivity (Wildman–Crippen MR) is 100 cm³/mol. The maximum absolute atomic E-state index is 10.5. The van der Waals surface area contributed by atoms with Gasteiger partial charge >= 0.3 is 0 Å². The molecule has 25 heavy (non-hydrogen) atoms. The summed E-state index contributed by atoms with van der Waals surface area (Å²) >= 11 is 6.10. The van der Waals surface area contributed by atoms with E-state index in [0.717, 1.165) is 11.0 Å². The molecule has 0 saturated heterocycles. The van der Waals surface area contributed by atoms with E-state index < -0.39 is 6.10 Å². The first-order chi connectivity index (χ1) is 12.0. The number of hydrogen-bond donors (Lipinski definition) is 1. The van der Waals surface area contributed by atoms with Crippen molar-refractivity contribution in [1.82, 2.24) is 4.57 Å². The molecule has 2 aromatic carbocycles. The molecule has 1 aromatic heterocycles. The molecule has 5 heteroatoms. The minimum atomic E-state index is -0.635. The molecule has 0 saturated carbocycles. The van der Waals surface area contributed by atoms with E-state index in [2.05, 4.69) is 42.2 Å². The van der Waals surface area contributed by atoms with Crippen molar-refractivity contribution in [3.05, 3.63) is 59.4 Å². The first kappa shape index (κ1) is 17.8. The van der Waals surface area contributed by atoms with Crippen molar-refractivity contribution in [2.24, 2.45) is 7.05 Å². The van der Waals surface area contributed by atoms with Gasteiger partial charge in [-0.15, -0.1) is 0 Å². The van der Waals surface area contributed by atoms with Gasteiger partial charge < -0.3 is 9.84 Å². The van der Waals surface area contributed by atoms with E-state index >= 15 is 0 Å². The maximum atomic E-state index is 10.5. The van der Waals surface area contributed by atoms with Gasteiger partial charge in [0.2, 0.25) is 0 Å². The van der Waals surface area contributed by atoms with Gasteiger partial charge in [-0.25, -0.2) is 9.13 Å². The standard InChI is InChI=1S/C20H24ClN2O2/c1-14(2)20-22(3)17-9-5-6-10-18(17)23(20)12-15(24)13-25-19-11-7-4-8-16(19)21/h4-11,14-15,24H,12-13H2,1-3H3/q+1/t15-/m0/s1. The molecule has 0 unspecified atom stereocenters. The Balaban J connectivity index is 1.82. The first-order valence-electron chi connectivity index (χ1n) is 8.51. The second-order valence-electron chi connectivity index (χ2n) is 6.57. The molecule has 1 heterocycles. The Kier molecular flexibility index (Phi) is 5.30. The summed E-state index contributed by atoms with van der Waals surface area (Å²) in [5.74, 6) is 2.11. The van der Waals surface area contributed by atoms with E-state index in [4.69, 9.17) is 16.3 Å². The number of aliphatic hydroxyl groups is 1. The number of imidazole rings is 1. The van der Waals surface area contributed by atoms with E-state index in [1.807, 2.05) is 24.3 Å². The molecule has 132 valence electrons. The molecular formula is C20H24ClN2O2+. The summed E-state index contributed by atoms with van der Waals surface area (Å²) in [6, 6.07) is 15.5. The smallest absolute Gasteiger partial charge is 0.259 e. The Bertz CT molecular complexity index is 873. The average Bonchev–Trinajstić information content (AvgIpc) is 2.87. The average molecular weight is 360 g/mol. The van der Waals surface area contributed by atoms with Gasteiger partial charge in [0.15, 0.2) is 11.0 Å². The van der Waals surface area contributed by atoms with E-state index in [0.29, 0.717) is 23.2 Å². The highest BCUT2D eigenvalue weighted by atomic mass is 35.5. The molecule has 0 bridgehead atoms. The zero-order chi connectivity index (χ0) is 18.0. The number of para-hydroxylation sites is 3. The van der Waals surface area contributed by atoms with Crippen LogP contribution in [0.4, 0.5) is 0 Å². The summed E-state index contributed by atoms with van der Waals surface area (Å²) in [6.45, 7) is 4.99. The summed E-state index contributed by atoms with van der Waals surface area (Å²) in [5, 5.41) is 11.1. The normalized spacial score (nSPS) is 12.7. The molecule has 0 radical (unpaired) electrons. The quantitative estimate of drug-likeness (QED) is 0.682. The lowest BCUT2D eigenvalue weighted by Gasteiger charge is -2.13. The fourth-order valence-electron chi connectivity index (χ4n) is 3.31. The number of aromatic nitrogens is 2. The van der Waals surface area contributed by atoms with Crippen LogP contribution in [0.15, 0.2) is 48.5 Å². The van der Waals surface area contributed by atoms with Gasteiger partial charge in [0, 0.05) is 0 Å². The largest absolute Gasteiger partial charge is 0.489 e. The zero-order valence-corrected chi connectivity index (χ0v) is 15.6. The van der Waals surface area contributed by atoms with Crippen LogP contribution in [0.25, 0.3) is 11.0 Å². The Morgan fingerprint density at radius 2 is 1.80 bits per heavy atom. The van der Waals surface area contributed by atoms with Gasteiger partial charge in [-0.05, 0) is 24.3 Å². The van der Waals surface area contributed by atoms with Gasteiger partial charge in [-0.3, -0.25) is 0 Å². The van der Waals surface area contributed by atoms with Gasteiger partial charge in [-0.1, -0.05) is 49.7 Å². The molecule has 0 fully saturated rings. The lowest BCUT2D eigenvalue weighted by Crippen LogP contribution is -2.35. The summed E-state index contributed by atoms with van der Waals surface area (Å²) in [5.41, 5.74) is 2.27. The second kappa shape index (κ2) is 7.46. The highest BCUT2D eigenvalue weighted by Gasteiger charge is 2.26. The molecule has 0 aliphatic rings. The van der Waals surface area contributed by atoms with E-state index in [1.165, 1.54) is 5.82 Å². The van der Waals surface area contributed by atoms with Crippen LogP contribution >= 0.6 is 11.6 Å². The minimum absolute atomic E-state index is 0.192. The third kappa shape index (κ3) is 3.65. The fourth-order valence-corrected chi connectivity index (χ4v) is 3.50. The molecule has 0 aliphatic heterocycles. The maximum Gasteiger partial charge on any atom is 0.259 e. The fraction of sp³-hybridized carbons (Fsp3) is 0.350. The molecule has 0 aliphatic carbocycles. The van der Waals surface area contributed by atoms with Crippen molar-refractivity contribution in [3.63, 3.8) is 0 Å². The van der Waals surface area contributed by atoms with Crippen molar-refractivity contribution in [1.29, 1.82) is 0 Å². The Hall–Kier alpha value is -2.04. The number of benzene rings is 2. The van der Waals surface area contributed by atoms with Crippen LogP contribution in [0.1, 0.15) is 25.6 Å². The number of ether oxygens (including phenoxy) is 1. The van der Waals surface area contributed by atoms with Crippen LogP contribution in [0.2, 0.25) is 5.02 Å². The molecule has 0 amide bonds. The lowest BCUT2D eigenvalue weighted by molar-refractivity contribution is -0.655. The molecule has 4 nitrogen and oxygen atoms in total. The third-order valence-corrected chi connectivity index (χ3v) is 4.64. The van der Waals surface area contributed by atoms with Gasteiger partial charge in [0.25, 0.3) is 5.82 Å². The van der Waals surface area contributed by atoms with Crippen LogP contribution in [0.5, 0.6) is 5.75 Å². The highest BCUT2D eigenvalue weighted by molar-refractivity contribution is 6.32. The van der Waals surface area contributed by atoms with Crippen LogP contribution in [-0.4, -0.2) is 22.4 Å². The van der Waals surface area contributed by atoms with Gasteiger partial charge in [-0.2, -0.15) is 0 Å². The number of halogens is 1. The molecule has 3 rings (SSSR count). The Morgan fingerprint density at radius 1 is 1.12 bits per heavy atom. The number of fused-ring (bicyclic) bond motifs is 1. The molecule has 1 atom stereocenters. The molecule has 0 spiro atoms. The van der Waals surface area contributed by atoms with Gasteiger partial charge in [0.1, 0.15) is 25.0 Å². The molecular weight excluding hydrogens is 336 g/mol. The SMILES string of the molecule is CC(C)c1n(C[C@H](O)COc2ccccc2Cl)c2ccccc2[n+]1C. The summed E-state index contributed by atoms with van der Waals surface area (Å²) in [7, 11) is 2.07. The van der Waals surface area contributed by atoms with E-state index in [-0.39, 0.29) is 6.61 Å². The number of aryl methyl sites for hydroxylation is 1. The Morgan fingerprint density at radius 3 is 2.52 bits per heavy atom. The zero-order valence-electron chi connectivity index (χ0n) is 14.8. The monoisotopic (exact) mass is 359 g/mol. The van der Waals surface area contributed by atoms with Crippen molar-refractivity contribution in [2.75, 3.05) is 6.61 Å². The van der Waals surface area contributed by atoms with Crippen LogP contribution in [0, 0.1) is 0 Å². The van der Waals surface area contributed by atoms with Crippen molar-refractivity contribution in [3.8, 4) is 5.75 Å². The van der Waals surface area contributed by atoms with Crippen molar-refractivity contribution < 1.29 is 14.4 Å². The van der Waals surface area contributed by atoms with Crippen molar-refractivity contribution >= 4 is 22.6 Å². The van der Waals surface area contributed by atoms with Gasteiger partial charge in [0.05, 0.1) is 18.0 Å². The number of aliphatic hydroxyl groups excluding tert-OH is 1. The van der Waals surface area contributed by atoms with Crippen LogP contribution in [-0.2, 0) is 13.6 Å². The number of rotatable bonds is 6. The van der Waals surface area contributed by atoms with E-state index in [1.54, 1.807) is 12.1 Å². The Labute approximate surface area is 153 Å². The number of hydrogen-bond acceptors (Lipinski definition) is 2. The third-order valence-electron chi connectivity index (χ3n) is 4.33. The summed E-state index contributed by atoms with van der Waals surface area (Å²) in [4.78, 5) is 0. The molecule has 1 N–H and O–H groups in total. The molecule has 3 aromatic rings.